The topological polar surface area (TPSA) is 90.0 Å². The van der Waals surface area contributed by atoms with E-state index in [0.717, 1.165) is 18.9 Å². The molecule has 0 unspecified atom stereocenters. The Hall–Kier alpha value is -2.00. The largest absolute Gasteiger partial charge is 0.366 e. The van der Waals surface area contributed by atoms with Crippen molar-refractivity contribution in [3.8, 4) is 0 Å². The van der Waals surface area contributed by atoms with Gasteiger partial charge in [-0.25, -0.2) is 8.78 Å². The molecule has 2 aromatic rings. The third-order valence-corrected chi connectivity index (χ3v) is 4.51. The molecular formula is C15H12BrClF2N4O2. The molecule has 1 aliphatic carbocycles. The molecule has 0 spiro atoms. The number of benzene rings is 1. The maximum Gasteiger partial charge on any atom is 0.282 e. The molecule has 1 heterocycles. The van der Waals surface area contributed by atoms with Crippen LogP contribution in [0.4, 0.5) is 14.5 Å². The number of carbonyl (C=O) groups excluding carboxylic acids is 2. The lowest BCUT2D eigenvalue weighted by atomic mass is 10.1. The Balaban J connectivity index is 1.97. The summed E-state index contributed by atoms with van der Waals surface area (Å²) in [4.78, 5) is 24.2. The van der Waals surface area contributed by atoms with Crippen LogP contribution in [0.3, 0.4) is 0 Å². The average Bonchev–Trinajstić information content (AvgIpc) is 3.27. The number of hydrogen-bond donors (Lipinski definition) is 2. The molecule has 0 atom stereocenters. The van der Waals surface area contributed by atoms with Crippen LogP contribution in [0, 0.1) is 0 Å². The van der Waals surface area contributed by atoms with Crippen molar-refractivity contribution in [1.29, 1.82) is 0 Å². The molecule has 1 aromatic carbocycles. The van der Waals surface area contributed by atoms with Crippen LogP contribution in [0.1, 0.15) is 51.8 Å². The van der Waals surface area contributed by atoms with Crippen LogP contribution < -0.4 is 11.1 Å². The molecule has 0 aliphatic heterocycles. The van der Waals surface area contributed by atoms with Gasteiger partial charge in [-0.1, -0.05) is 11.6 Å². The molecule has 1 saturated carbocycles. The van der Waals surface area contributed by atoms with Crippen LogP contribution in [0.5, 0.6) is 0 Å². The van der Waals surface area contributed by atoms with Crippen molar-refractivity contribution in [3.63, 3.8) is 0 Å². The lowest BCUT2D eigenvalue weighted by molar-refractivity contribution is 0.100. The number of primary amides is 1. The van der Waals surface area contributed by atoms with Crippen molar-refractivity contribution in [2.24, 2.45) is 5.73 Å². The van der Waals surface area contributed by atoms with Crippen LogP contribution in [0.15, 0.2) is 22.7 Å². The lowest BCUT2D eigenvalue weighted by Gasteiger charge is -2.12. The number of alkyl halides is 2. The molecule has 0 bridgehead atoms. The van der Waals surface area contributed by atoms with E-state index in [1.54, 1.807) is 0 Å². The summed E-state index contributed by atoms with van der Waals surface area (Å²) in [6, 6.07) is 3.77. The van der Waals surface area contributed by atoms with Crippen molar-refractivity contribution in [3.05, 3.63) is 44.6 Å². The summed E-state index contributed by atoms with van der Waals surface area (Å²) in [5.74, 6) is -1.46. The monoisotopic (exact) mass is 432 g/mol. The van der Waals surface area contributed by atoms with E-state index in [2.05, 4.69) is 26.3 Å². The quantitative estimate of drug-likeness (QED) is 0.749. The SMILES string of the molecule is NC(=O)c1cc(Cl)cc(Br)c1NC(=O)c1cc(C(F)F)nn1C1CC1. The van der Waals surface area contributed by atoms with Gasteiger partial charge in [0.2, 0.25) is 0 Å². The van der Waals surface area contributed by atoms with Gasteiger partial charge in [-0.15, -0.1) is 0 Å². The Morgan fingerprint density at radius 2 is 2.04 bits per heavy atom. The van der Waals surface area contributed by atoms with E-state index in [0.29, 0.717) is 4.47 Å². The summed E-state index contributed by atoms with van der Waals surface area (Å²) in [5.41, 5.74) is 4.95. The van der Waals surface area contributed by atoms with Crippen molar-refractivity contribution < 1.29 is 18.4 Å². The third kappa shape index (κ3) is 3.67. The molecule has 10 heteroatoms. The highest BCUT2D eigenvalue weighted by atomic mass is 79.9. The number of aromatic nitrogens is 2. The first kappa shape index (κ1) is 17.8. The number of amides is 2. The van der Waals surface area contributed by atoms with E-state index in [9.17, 15) is 18.4 Å². The number of carbonyl (C=O) groups is 2. The van der Waals surface area contributed by atoms with Gasteiger partial charge in [0.15, 0.2) is 0 Å². The Bertz CT molecular complexity index is 867. The zero-order valence-corrected chi connectivity index (χ0v) is 14.9. The number of nitrogens with two attached hydrogens (primary N) is 1. The minimum atomic E-state index is -2.78. The van der Waals surface area contributed by atoms with E-state index in [1.165, 1.54) is 16.8 Å². The van der Waals surface area contributed by atoms with E-state index >= 15 is 0 Å². The predicted octanol–water partition coefficient (Wildman–Crippen LogP) is 3.92. The fourth-order valence-electron chi connectivity index (χ4n) is 2.36. The van der Waals surface area contributed by atoms with E-state index in [-0.39, 0.29) is 28.0 Å². The minimum Gasteiger partial charge on any atom is -0.366 e. The Labute approximate surface area is 154 Å². The van der Waals surface area contributed by atoms with Gasteiger partial charge in [0.05, 0.1) is 17.3 Å². The van der Waals surface area contributed by atoms with Gasteiger partial charge in [-0.05, 0) is 47.0 Å². The van der Waals surface area contributed by atoms with Crippen molar-refractivity contribution >= 4 is 45.0 Å². The number of nitrogens with one attached hydrogen (secondary N) is 1. The number of nitrogens with zero attached hydrogens (tertiary/aromatic N) is 2. The lowest BCUT2D eigenvalue weighted by Crippen LogP contribution is -2.21. The molecular weight excluding hydrogens is 422 g/mol. The molecule has 6 nitrogen and oxygen atoms in total. The molecule has 1 fully saturated rings. The smallest absolute Gasteiger partial charge is 0.282 e. The molecule has 1 aromatic heterocycles. The van der Waals surface area contributed by atoms with Crippen LogP contribution in [-0.4, -0.2) is 21.6 Å². The highest BCUT2D eigenvalue weighted by Gasteiger charge is 2.31. The summed E-state index contributed by atoms with van der Waals surface area (Å²) in [6.45, 7) is 0. The molecule has 1 aliphatic rings. The van der Waals surface area contributed by atoms with Crippen LogP contribution in [-0.2, 0) is 0 Å². The molecule has 0 saturated heterocycles. The number of halogens is 4. The van der Waals surface area contributed by atoms with Crippen molar-refractivity contribution in [1.82, 2.24) is 9.78 Å². The first-order valence-electron chi connectivity index (χ1n) is 7.25. The van der Waals surface area contributed by atoms with E-state index in [1.807, 2.05) is 0 Å². The highest BCUT2D eigenvalue weighted by molar-refractivity contribution is 9.10. The standard InChI is InChI=1S/C15H12BrClF2N4O2/c16-9-4-6(17)3-8(14(20)24)12(9)21-15(25)11-5-10(13(18)19)22-23(11)7-1-2-7/h3-5,7,13H,1-2H2,(H2,20,24)(H,21,25). The fourth-order valence-corrected chi connectivity index (χ4v) is 3.27. The van der Waals surface area contributed by atoms with Crippen LogP contribution in [0.2, 0.25) is 5.02 Å². The van der Waals surface area contributed by atoms with Gasteiger partial charge >= 0.3 is 0 Å². The predicted molar refractivity (Wildman–Crippen MR) is 91.1 cm³/mol. The van der Waals surface area contributed by atoms with Gasteiger partial charge in [0, 0.05) is 9.50 Å². The molecule has 0 radical (unpaired) electrons. The molecule has 25 heavy (non-hydrogen) atoms. The van der Waals surface area contributed by atoms with E-state index in [4.69, 9.17) is 17.3 Å². The fraction of sp³-hybridized carbons (Fsp3) is 0.267. The van der Waals surface area contributed by atoms with Gasteiger partial charge in [-0.3, -0.25) is 14.3 Å². The molecule has 2 amide bonds. The van der Waals surface area contributed by atoms with Crippen LogP contribution in [0.25, 0.3) is 0 Å². The van der Waals surface area contributed by atoms with Crippen molar-refractivity contribution in [2.45, 2.75) is 25.3 Å². The highest BCUT2D eigenvalue weighted by Crippen LogP contribution is 2.37. The second kappa shape index (κ2) is 6.72. The Morgan fingerprint density at radius 3 is 2.60 bits per heavy atom. The average molecular weight is 434 g/mol. The van der Waals surface area contributed by atoms with Gasteiger partial charge < -0.3 is 11.1 Å². The first-order valence-corrected chi connectivity index (χ1v) is 8.42. The molecule has 3 rings (SSSR count). The number of anilines is 1. The van der Waals surface area contributed by atoms with Crippen molar-refractivity contribution in [2.75, 3.05) is 5.32 Å². The Kier molecular flexibility index (Phi) is 4.79. The zero-order chi connectivity index (χ0) is 18.3. The zero-order valence-electron chi connectivity index (χ0n) is 12.6. The summed E-state index contributed by atoms with van der Waals surface area (Å²) in [7, 11) is 0. The number of rotatable bonds is 5. The summed E-state index contributed by atoms with van der Waals surface area (Å²) in [5, 5.41) is 6.59. The molecule has 3 N–H and O–H groups in total. The maximum absolute atomic E-state index is 12.9. The van der Waals surface area contributed by atoms with Gasteiger partial charge in [0.25, 0.3) is 18.2 Å². The van der Waals surface area contributed by atoms with Gasteiger partial charge in [0.1, 0.15) is 11.4 Å². The normalized spacial score (nSPS) is 14.0. The second-order valence-corrected chi connectivity index (χ2v) is 6.85. The molecule has 132 valence electrons. The number of hydrogen-bond acceptors (Lipinski definition) is 3. The second-order valence-electron chi connectivity index (χ2n) is 5.56. The first-order chi connectivity index (χ1) is 11.8. The van der Waals surface area contributed by atoms with Gasteiger partial charge in [-0.2, -0.15) is 5.10 Å². The third-order valence-electron chi connectivity index (χ3n) is 3.66. The summed E-state index contributed by atoms with van der Waals surface area (Å²) >= 11 is 9.09. The summed E-state index contributed by atoms with van der Waals surface area (Å²) < 4.78 is 27.5. The minimum absolute atomic E-state index is 0.000653. The maximum atomic E-state index is 12.9. The summed E-state index contributed by atoms with van der Waals surface area (Å²) in [6.07, 6.45) is -1.25. The van der Waals surface area contributed by atoms with E-state index < -0.39 is 23.9 Å². The Morgan fingerprint density at radius 1 is 1.36 bits per heavy atom. The van der Waals surface area contributed by atoms with Crippen LogP contribution >= 0.6 is 27.5 Å².